The Balaban J connectivity index is 1.79. The van der Waals surface area contributed by atoms with Crippen molar-refractivity contribution in [1.82, 2.24) is 0 Å². The summed E-state index contributed by atoms with van der Waals surface area (Å²) >= 11 is 0. The molecule has 0 heterocycles. The van der Waals surface area contributed by atoms with E-state index < -0.39 is 0 Å². The largest absolute Gasteiger partial charge is 0.462 e. The number of hydrogen-bond acceptors (Lipinski definition) is 4. The Morgan fingerprint density at radius 1 is 1.15 bits per heavy atom. The van der Waals surface area contributed by atoms with Gasteiger partial charge in [0, 0.05) is 5.41 Å². The number of quaternary nitrogens is 1. The fraction of sp³-hybridized carbons (Fsp3) is 0.905. The minimum Gasteiger partial charge on any atom is -0.462 e. The highest BCUT2D eigenvalue weighted by molar-refractivity contribution is 5.71. The van der Waals surface area contributed by atoms with Crippen LogP contribution in [-0.4, -0.2) is 56.3 Å². The average Bonchev–Trinajstić information content (AvgIpc) is 2.84. The van der Waals surface area contributed by atoms with Crippen LogP contribution in [0, 0.1) is 22.7 Å². The van der Waals surface area contributed by atoms with Gasteiger partial charge < -0.3 is 14.0 Å². The van der Waals surface area contributed by atoms with E-state index in [4.69, 9.17) is 9.47 Å². The summed E-state index contributed by atoms with van der Waals surface area (Å²) in [5.41, 5.74) is 0.339. The molecule has 2 saturated carbocycles. The average molecular weight is 369 g/mol. The van der Waals surface area contributed by atoms with Crippen LogP contribution in [-0.2, 0) is 19.1 Å². The van der Waals surface area contributed by atoms with Crippen LogP contribution in [0.2, 0.25) is 0 Å². The summed E-state index contributed by atoms with van der Waals surface area (Å²) in [4.78, 5) is 24.4. The molecule has 0 aromatic carbocycles. The van der Waals surface area contributed by atoms with Crippen molar-refractivity contribution in [3.63, 3.8) is 0 Å². The van der Waals surface area contributed by atoms with Crippen LogP contribution < -0.4 is 0 Å². The molecule has 0 amide bonds. The van der Waals surface area contributed by atoms with Gasteiger partial charge in [0.15, 0.2) is 6.54 Å². The first-order valence-corrected chi connectivity index (χ1v) is 10.0. The van der Waals surface area contributed by atoms with Crippen LogP contribution in [0.5, 0.6) is 0 Å². The molecule has 26 heavy (non-hydrogen) atoms. The Morgan fingerprint density at radius 3 is 2.31 bits per heavy atom. The summed E-state index contributed by atoms with van der Waals surface area (Å²) in [7, 11) is 3.90. The zero-order chi connectivity index (χ0) is 19.8. The standard InChI is InChI=1S/C21H38NO4/c1-15(2)14-25-19(24)13-22(6,7)11-9-18(23)26-17-12-16-8-10-21(17,5)20(16,3)4/h15-17H,8-14H2,1-7H3/q+1. The van der Waals surface area contributed by atoms with Crippen LogP contribution in [0.25, 0.3) is 0 Å². The van der Waals surface area contributed by atoms with E-state index in [2.05, 4.69) is 20.8 Å². The van der Waals surface area contributed by atoms with Gasteiger partial charge in [0.1, 0.15) is 6.10 Å². The Hall–Kier alpha value is -1.10. The summed E-state index contributed by atoms with van der Waals surface area (Å²) in [5, 5.41) is 0. The molecule has 5 heteroatoms. The van der Waals surface area contributed by atoms with Gasteiger partial charge >= 0.3 is 11.9 Å². The number of fused-ring (bicyclic) bond motifs is 2. The Morgan fingerprint density at radius 2 is 1.81 bits per heavy atom. The van der Waals surface area contributed by atoms with Gasteiger partial charge in [-0.05, 0) is 36.5 Å². The predicted molar refractivity (Wildman–Crippen MR) is 101 cm³/mol. The lowest BCUT2D eigenvalue weighted by Crippen LogP contribution is -2.46. The molecule has 2 aliphatic carbocycles. The maximum atomic E-state index is 12.4. The second kappa shape index (κ2) is 7.49. The summed E-state index contributed by atoms with van der Waals surface area (Å²) in [6.07, 6.45) is 3.76. The quantitative estimate of drug-likeness (QED) is 0.487. The Labute approximate surface area is 159 Å². The lowest BCUT2D eigenvalue weighted by molar-refractivity contribution is -0.882. The van der Waals surface area contributed by atoms with Gasteiger partial charge in [0.2, 0.25) is 0 Å². The van der Waals surface area contributed by atoms with E-state index in [-0.39, 0.29) is 35.4 Å². The number of hydrogen-bond donors (Lipinski definition) is 0. The van der Waals surface area contributed by atoms with Gasteiger partial charge in [0.05, 0.1) is 33.7 Å². The highest BCUT2D eigenvalue weighted by Gasteiger charge is 2.62. The molecular weight excluding hydrogens is 330 g/mol. The summed E-state index contributed by atoms with van der Waals surface area (Å²) in [5.74, 6) is 0.644. The first-order chi connectivity index (χ1) is 11.9. The van der Waals surface area contributed by atoms with Crippen molar-refractivity contribution in [2.45, 2.75) is 66.4 Å². The van der Waals surface area contributed by atoms with Crippen molar-refractivity contribution in [3.8, 4) is 0 Å². The van der Waals surface area contributed by atoms with E-state index in [1.165, 1.54) is 6.42 Å². The van der Waals surface area contributed by atoms with E-state index in [0.717, 1.165) is 12.8 Å². The number of carbonyl (C=O) groups excluding carboxylic acids is 2. The van der Waals surface area contributed by atoms with Gasteiger partial charge in [-0.3, -0.25) is 4.79 Å². The zero-order valence-electron chi connectivity index (χ0n) is 17.8. The Kier molecular flexibility index (Phi) is 6.11. The van der Waals surface area contributed by atoms with Crippen molar-refractivity contribution in [1.29, 1.82) is 0 Å². The molecule has 0 N–H and O–H groups in total. The van der Waals surface area contributed by atoms with Crippen molar-refractivity contribution in [3.05, 3.63) is 0 Å². The van der Waals surface area contributed by atoms with Crippen molar-refractivity contribution in [2.75, 3.05) is 33.8 Å². The third-order valence-electron chi connectivity index (χ3n) is 7.04. The second-order valence-corrected chi connectivity index (χ2v) is 10.2. The zero-order valence-corrected chi connectivity index (χ0v) is 17.8. The predicted octanol–water partition coefficient (Wildman–Crippen LogP) is 3.41. The third-order valence-corrected chi connectivity index (χ3v) is 7.04. The maximum absolute atomic E-state index is 12.4. The van der Waals surface area contributed by atoms with E-state index in [1.54, 1.807) is 0 Å². The highest BCUT2D eigenvalue weighted by Crippen LogP contribution is 2.66. The van der Waals surface area contributed by atoms with E-state index in [9.17, 15) is 9.59 Å². The van der Waals surface area contributed by atoms with Crippen LogP contribution in [0.3, 0.4) is 0 Å². The monoisotopic (exact) mass is 368 g/mol. The smallest absolute Gasteiger partial charge is 0.361 e. The summed E-state index contributed by atoms with van der Waals surface area (Å²) < 4.78 is 11.6. The molecule has 3 atom stereocenters. The molecule has 5 nitrogen and oxygen atoms in total. The van der Waals surface area contributed by atoms with Crippen LogP contribution in [0.15, 0.2) is 0 Å². The fourth-order valence-electron chi connectivity index (χ4n) is 4.65. The first-order valence-electron chi connectivity index (χ1n) is 10.0. The number of ether oxygens (including phenoxy) is 2. The minimum absolute atomic E-state index is 0.0374. The van der Waals surface area contributed by atoms with Gasteiger partial charge in [0.25, 0.3) is 0 Å². The number of likely N-dealkylation sites (N-methyl/N-ethyl adjacent to an activating group) is 1. The number of carbonyl (C=O) groups is 2. The normalized spacial score (nSPS) is 29.8. The molecule has 2 fully saturated rings. The molecule has 0 aromatic heterocycles. The lowest BCUT2D eigenvalue weighted by atomic mass is 9.70. The second-order valence-electron chi connectivity index (χ2n) is 10.2. The van der Waals surface area contributed by atoms with Crippen molar-refractivity contribution in [2.24, 2.45) is 22.7 Å². The van der Waals surface area contributed by atoms with Crippen molar-refractivity contribution < 1.29 is 23.5 Å². The number of esters is 2. The molecule has 150 valence electrons. The van der Waals surface area contributed by atoms with Gasteiger partial charge in [-0.2, -0.15) is 0 Å². The van der Waals surface area contributed by atoms with E-state index >= 15 is 0 Å². The molecule has 2 aliphatic rings. The summed E-state index contributed by atoms with van der Waals surface area (Å²) in [6, 6.07) is 0. The molecule has 0 radical (unpaired) electrons. The first kappa shape index (κ1) is 21.2. The van der Waals surface area contributed by atoms with Crippen molar-refractivity contribution >= 4 is 11.9 Å². The molecule has 0 aromatic rings. The molecule has 2 bridgehead atoms. The Bertz CT molecular complexity index is 540. The molecule has 0 saturated heterocycles. The highest BCUT2D eigenvalue weighted by atomic mass is 16.5. The van der Waals surface area contributed by atoms with Gasteiger partial charge in [-0.1, -0.05) is 34.6 Å². The third kappa shape index (κ3) is 4.41. The molecule has 0 aliphatic heterocycles. The fourth-order valence-corrected chi connectivity index (χ4v) is 4.65. The molecule has 0 spiro atoms. The molecular formula is C21H38NO4+. The van der Waals surface area contributed by atoms with Crippen LogP contribution >= 0.6 is 0 Å². The lowest BCUT2D eigenvalue weighted by Gasteiger charge is -2.38. The topological polar surface area (TPSA) is 52.6 Å². The van der Waals surface area contributed by atoms with E-state index in [1.807, 2.05) is 27.9 Å². The van der Waals surface area contributed by atoms with Gasteiger partial charge in [-0.15, -0.1) is 0 Å². The van der Waals surface area contributed by atoms with Gasteiger partial charge in [-0.25, -0.2) is 4.79 Å². The summed E-state index contributed by atoms with van der Waals surface area (Å²) in [6.45, 7) is 12.2. The minimum atomic E-state index is -0.209. The maximum Gasteiger partial charge on any atom is 0.361 e. The molecule has 2 rings (SSSR count). The van der Waals surface area contributed by atoms with Crippen LogP contribution in [0.1, 0.15) is 60.3 Å². The SMILES string of the molecule is CC(C)COC(=O)C[N+](C)(C)CCC(=O)OC1CC2CCC1(C)C2(C)C. The van der Waals surface area contributed by atoms with E-state index in [0.29, 0.717) is 35.9 Å². The van der Waals surface area contributed by atoms with Crippen LogP contribution in [0.4, 0.5) is 0 Å². The number of nitrogens with zero attached hydrogens (tertiary/aromatic N) is 1. The number of rotatable bonds is 8. The molecule has 3 unspecified atom stereocenters.